The van der Waals surface area contributed by atoms with Gasteiger partial charge in [-0.2, -0.15) is 0 Å². The van der Waals surface area contributed by atoms with E-state index in [1.165, 1.54) is 17.0 Å². The lowest BCUT2D eigenvalue weighted by Gasteiger charge is -2.33. The molecular weight excluding hydrogens is 569 g/mol. The summed E-state index contributed by atoms with van der Waals surface area (Å²) in [7, 11) is -4.19. The van der Waals surface area contributed by atoms with Crippen molar-refractivity contribution in [3.05, 3.63) is 94.0 Å². The van der Waals surface area contributed by atoms with Gasteiger partial charge in [-0.25, -0.2) is 8.42 Å². The summed E-state index contributed by atoms with van der Waals surface area (Å²) in [5, 5.41) is 3.63. The van der Waals surface area contributed by atoms with Crippen LogP contribution in [0.1, 0.15) is 38.3 Å². The zero-order valence-corrected chi connectivity index (χ0v) is 25.4. The maximum absolute atomic E-state index is 14.1. The summed E-state index contributed by atoms with van der Waals surface area (Å²) in [5.41, 5.74) is 1.81. The highest BCUT2D eigenvalue weighted by Crippen LogP contribution is 2.31. The minimum atomic E-state index is -4.19. The van der Waals surface area contributed by atoms with Gasteiger partial charge < -0.3 is 10.2 Å². The van der Waals surface area contributed by atoms with Gasteiger partial charge in [-0.15, -0.1) is 0 Å². The number of rotatable bonds is 12. The molecule has 0 saturated carbocycles. The van der Waals surface area contributed by atoms with Crippen LogP contribution in [0.2, 0.25) is 10.0 Å². The number of halogens is 2. The van der Waals surface area contributed by atoms with Gasteiger partial charge in [0.15, 0.2) is 0 Å². The van der Waals surface area contributed by atoms with Gasteiger partial charge in [-0.3, -0.25) is 13.9 Å². The second-order valence-electron chi connectivity index (χ2n) is 9.99. The van der Waals surface area contributed by atoms with Gasteiger partial charge in [0.2, 0.25) is 11.8 Å². The molecule has 0 aliphatic carbocycles. The number of aryl methyl sites for hydroxylation is 1. The second-order valence-corrected chi connectivity index (χ2v) is 12.7. The minimum absolute atomic E-state index is 0.0248. The van der Waals surface area contributed by atoms with Crippen molar-refractivity contribution in [3.8, 4) is 0 Å². The van der Waals surface area contributed by atoms with Crippen molar-refractivity contribution in [2.24, 2.45) is 5.92 Å². The molecule has 10 heteroatoms. The highest BCUT2D eigenvalue weighted by Gasteiger charge is 2.34. The van der Waals surface area contributed by atoms with Crippen LogP contribution in [0.3, 0.4) is 0 Å². The van der Waals surface area contributed by atoms with Crippen molar-refractivity contribution in [2.45, 2.75) is 51.6 Å². The molecule has 1 N–H and O–H groups in total. The Kier molecular flexibility index (Phi) is 11.0. The molecule has 7 nitrogen and oxygen atoms in total. The van der Waals surface area contributed by atoms with E-state index in [4.69, 9.17) is 23.2 Å². The number of hydrogen-bond donors (Lipinski definition) is 1. The second kappa shape index (κ2) is 14.0. The van der Waals surface area contributed by atoms with E-state index >= 15 is 0 Å². The van der Waals surface area contributed by atoms with Crippen LogP contribution >= 0.6 is 23.2 Å². The maximum Gasteiger partial charge on any atom is 0.264 e. The number of nitrogens with zero attached hydrogens (tertiary/aromatic N) is 2. The van der Waals surface area contributed by atoms with E-state index in [1.54, 1.807) is 60.7 Å². The molecule has 0 aromatic heterocycles. The largest absolute Gasteiger partial charge is 0.354 e. The fourth-order valence-electron chi connectivity index (χ4n) is 4.13. The van der Waals surface area contributed by atoms with E-state index < -0.39 is 28.5 Å². The van der Waals surface area contributed by atoms with E-state index in [1.807, 2.05) is 27.7 Å². The van der Waals surface area contributed by atoms with Crippen molar-refractivity contribution in [1.82, 2.24) is 10.2 Å². The molecule has 214 valence electrons. The van der Waals surface area contributed by atoms with Crippen LogP contribution in [0.15, 0.2) is 77.7 Å². The maximum atomic E-state index is 14.1. The monoisotopic (exact) mass is 603 g/mol. The molecule has 40 heavy (non-hydrogen) atoms. The third-order valence-corrected chi connectivity index (χ3v) is 8.69. The number of para-hydroxylation sites is 1. The Morgan fingerprint density at radius 1 is 0.925 bits per heavy atom. The first-order valence-electron chi connectivity index (χ1n) is 13.1. The molecule has 2 amide bonds. The lowest BCUT2D eigenvalue weighted by atomic mass is 10.1. The molecule has 1 unspecified atom stereocenters. The number of sulfonamides is 1. The minimum Gasteiger partial charge on any atom is -0.354 e. The summed E-state index contributed by atoms with van der Waals surface area (Å²) in [6, 6.07) is 19.0. The highest BCUT2D eigenvalue weighted by atomic mass is 35.5. The van der Waals surface area contributed by atoms with Crippen LogP contribution in [-0.2, 0) is 26.2 Å². The van der Waals surface area contributed by atoms with Gasteiger partial charge in [0, 0.05) is 18.1 Å². The average molecular weight is 605 g/mol. The van der Waals surface area contributed by atoms with Crippen LogP contribution in [-0.4, -0.2) is 44.3 Å². The van der Waals surface area contributed by atoms with Gasteiger partial charge in [0.05, 0.1) is 15.6 Å². The Balaban J connectivity index is 2.05. The first-order chi connectivity index (χ1) is 18.9. The number of nitrogens with one attached hydrogen (secondary N) is 1. The van der Waals surface area contributed by atoms with Crippen LogP contribution in [0.5, 0.6) is 0 Å². The molecule has 0 heterocycles. The molecule has 0 aliphatic heterocycles. The lowest BCUT2D eigenvalue weighted by Crippen LogP contribution is -2.52. The van der Waals surface area contributed by atoms with E-state index in [0.29, 0.717) is 18.0 Å². The molecule has 0 fully saturated rings. The summed E-state index contributed by atoms with van der Waals surface area (Å²) in [6.07, 6.45) is 0.333. The predicted octanol–water partition coefficient (Wildman–Crippen LogP) is 6.08. The average Bonchev–Trinajstić information content (AvgIpc) is 2.92. The van der Waals surface area contributed by atoms with E-state index in [9.17, 15) is 18.0 Å². The SMILES string of the molecule is CCC(C(=O)NCC(C)C)N(Cc1ccc(Cl)cc1)C(=O)CN(c1ccccc1Cl)S(=O)(=O)c1ccc(C)cc1. The number of benzene rings is 3. The molecular formula is C30H35Cl2N3O4S. The molecule has 3 rings (SSSR count). The van der Waals surface area contributed by atoms with Crippen molar-refractivity contribution in [1.29, 1.82) is 0 Å². The van der Waals surface area contributed by atoms with E-state index in [-0.39, 0.29) is 34.0 Å². The topological polar surface area (TPSA) is 86.8 Å². The first kappa shape index (κ1) is 31.5. The van der Waals surface area contributed by atoms with Crippen molar-refractivity contribution < 1.29 is 18.0 Å². The molecule has 1 atom stereocenters. The van der Waals surface area contributed by atoms with Crippen LogP contribution in [0.4, 0.5) is 5.69 Å². The van der Waals surface area contributed by atoms with Gasteiger partial charge in [0.25, 0.3) is 10.0 Å². The van der Waals surface area contributed by atoms with Gasteiger partial charge in [-0.05, 0) is 61.2 Å². The molecule has 3 aromatic carbocycles. The summed E-state index contributed by atoms with van der Waals surface area (Å²) in [5.74, 6) is -0.626. The molecule has 3 aromatic rings. The Bertz CT molecular complexity index is 1410. The number of anilines is 1. The van der Waals surface area contributed by atoms with Crippen LogP contribution < -0.4 is 9.62 Å². The standard InChI is InChI=1S/C30H35Cl2N3O4S/c1-5-27(30(37)33-18-21(2)3)34(19-23-12-14-24(31)15-13-23)29(36)20-35(28-9-7-6-8-26(28)32)40(38,39)25-16-10-22(4)11-17-25/h6-17,21,27H,5,18-20H2,1-4H3,(H,33,37). The lowest BCUT2D eigenvalue weighted by molar-refractivity contribution is -0.140. The van der Waals surface area contributed by atoms with Crippen LogP contribution in [0, 0.1) is 12.8 Å². The zero-order chi connectivity index (χ0) is 29.4. The number of carbonyl (C=O) groups is 2. The predicted molar refractivity (Wildman–Crippen MR) is 161 cm³/mol. The van der Waals surface area contributed by atoms with Crippen molar-refractivity contribution in [3.63, 3.8) is 0 Å². The smallest absolute Gasteiger partial charge is 0.264 e. The molecule has 0 saturated heterocycles. The molecule has 0 radical (unpaired) electrons. The molecule has 0 spiro atoms. The summed E-state index contributed by atoms with van der Waals surface area (Å²) < 4.78 is 28.8. The summed E-state index contributed by atoms with van der Waals surface area (Å²) in [4.78, 5) is 28.8. The van der Waals surface area contributed by atoms with Crippen LogP contribution in [0.25, 0.3) is 0 Å². The number of carbonyl (C=O) groups excluding carboxylic acids is 2. The summed E-state index contributed by atoms with van der Waals surface area (Å²) in [6.45, 7) is 7.62. The fourth-order valence-corrected chi connectivity index (χ4v) is 5.98. The Morgan fingerprint density at radius 3 is 2.12 bits per heavy atom. The Labute approximate surface area is 247 Å². The normalized spacial score (nSPS) is 12.2. The molecule has 0 bridgehead atoms. The fraction of sp³-hybridized carbons (Fsp3) is 0.333. The van der Waals surface area contributed by atoms with Gasteiger partial charge in [0.1, 0.15) is 12.6 Å². The van der Waals surface area contributed by atoms with Crippen molar-refractivity contribution in [2.75, 3.05) is 17.4 Å². The third-order valence-electron chi connectivity index (χ3n) is 6.35. The third kappa shape index (κ3) is 7.99. The highest BCUT2D eigenvalue weighted by molar-refractivity contribution is 7.92. The van der Waals surface area contributed by atoms with Gasteiger partial charge >= 0.3 is 0 Å². The Morgan fingerprint density at radius 2 is 1.55 bits per heavy atom. The number of amides is 2. The van der Waals surface area contributed by atoms with Crippen molar-refractivity contribution >= 4 is 50.7 Å². The molecule has 0 aliphatic rings. The Hall–Kier alpha value is -3.07. The van der Waals surface area contributed by atoms with Gasteiger partial charge in [-0.1, -0.05) is 85.9 Å². The van der Waals surface area contributed by atoms with E-state index in [2.05, 4.69) is 5.32 Å². The number of hydrogen-bond acceptors (Lipinski definition) is 4. The quantitative estimate of drug-likeness (QED) is 0.272. The zero-order valence-electron chi connectivity index (χ0n) is 23.1. The summed E-state index contributed by atoms with van der Waals surface area (Å²) >= 11 is 12.5. The first-order valence-corrected chi connectivity index (χ1v) is 15.3. The van der Waals surface area contributed by atoms with E-state index in [0.717, 1.165) is 15.4 Å².